The Morgan fingerprint density at radius 2 is 1.91 bits per heavy atom. The third-order valence-corrected chi connectivity index (χ3v) is 6.74. The van der Waals surface area contributed by atoms with Gasteiger partial charge in [0.1, 0.15) is 5.82 Å². The normalized spacial score (nSPS) is 14.4. The van der Waals surface area contributed by atoms with E-state index in [1.54, 1.807) is 23.1 Å². The van der Waals surface area contributed by atoms with E-state index < -0.39 is 0 Å². The number of carbonyl (C=O) groups excluding carboxylic acids is 2. The minimum absolute atomic E-state index is 0.0708. The molecule has 1 fully saturated rings. The summed E-state index contributed by atoms with van der Waals surface area (Å²) in [6.07, 6.45) is 2.83. The van der Waals surface area contributed by atoms with Gasteiger partial charge in [-0.3, -0.25) is 4.79 Å². The molecule has 0 unspecified atom stereocenters. The Bertz CT molecular complexity index is 1120. The van der Waals surface area contributed by atoms with E-state index in [4.69, 9.17) is 28.2 Å². The van der Waals surface area contributed by atoms with E-state index in [0.29, 0.717) is 47.8 Å². The molecule has 3 aromatic rings. The molecule has 1 aromatic heterocycles. The molecule has 2 aromatic carbocycles. The molecule has 0 atom stereocenters. The highest BCUT2D eigenvalue weighted by molar-refractivity contribution is 6.36. The van der Waals surface area contributed by atoms with Gasteiger partial charge >= 0.3 is 6.03 Å². The van der Waals surface area contributed by atoms with Crippen molar-refractivity contribution in [3.63, 3.8) is 0 Å². The first-order valence-electron chi connectivity index (χ1n) is 11.7. The number of aromatic amines is 1. The number of hydrogen-bond acceptors (Lipinski definition) is 3. The number of anilines is 1. The molecule has 1 aliphatic heterocycles. The van der Waals surface area contributed by atoms with Crippen molar-refractivity contribution in [2.24, 2.45) is 0 Å². The second kappa shape index (κ2) is 11.1. The quantitative estimate of drug-likeness (QED) is 0.422. The predicted octanol–water partition coefficient (Wildman–Crippen LogP) is 5.91. The van der Waals surface area contributed by atoms with Crippen molar-refractivity contribution in [3.05, 3.63) is 58.3 Å². The zero-order chi connectivity index (χ0) is 24.1. The molecule has 1 saturated heterocycles. The van der Waals surface area contributed by atoms with E-state index in [9.17, 15) is 9.59 Å². The number of nitrogens with one attached hydrogen (secondary N) is 2. The van der Waals surface area contributed by atoms with E-state index in [1.165, 1.54) is 0 Å². The molecule has 0 radical (unpaired) electrons. The maximum absolute atomic E-state index is 12.9. The van der Waals surface area contributed by atoms with Crippen molar-refractivity contribution in [2.45, 2.75) is 38.5 Å². The van der Waals surface area contributed by atoms with E-state index in [0.717, 1.165) is 36.1 Å². The van der Waals surface area contributed by atoms with Crippen molar-refractivity contribution in [1.82, 2.24) is 19.8 Å². The third-order valence-electron chi connectivity index (χ3n) is 6.19. The number of likely N-dealkylation sites (tertiary alicyclic amines) is 1. The Balaban J connectivity index is 1.28. The van der Waals surface area contributed by atoms with Crippen molar-refractivity contribution >= 4 is 51.9 Å². The summed E-state index contributed by atoms with van der Waals surface area (Å²) in [7, 11) is 0. The number of rotatable bonds is 7. The highest BCUT2D eigenvalue weighted by atomic mass is 35.5. The fraction of sp³-hybridized carbons (Fsp3) is 0.400. The van der Waals surface area contributed by atoms with Gasteiger partial charge in [-0.05, 0) is 49.6 Å². The lowest BCUT2D eigenvalue weighted by Gasteiger charge is -2.32. The molecule has 0 bridgehead atoms. The summed E-state index contributed by atoms with van der Waals surface area (Å²) in [6, 6.07) is 12.7. The smallest absolute Gasteiger partial charge is 0.321 e. The predicted molar refractivity (Wildman–Crippen MR) is 137 cm³/mol. The number of amides is 3. The standard InChI is InChI=1S/C25H29Cl2N5O2/c1-2-12-32(25(34)30-20-8-7-18(26)16-19(20)27)15-11-23(33)31-13-9-17(10-14-31)24-28-21-5-3-4-6-22(21)29-24/h3-8,16-17H,2,9-15H2,1H3,(H,28,29)(H,30,34). The van der Waals surface area contributed by atoms with Crippen molar-refractivity contribution < 1.29 is 9.59 Å². The molecule has 2 heterocycles. The highest BCUT2D eigenvalue weighted by Crippen LogP contribution is 2.28. The highest BCUT2D eigenvalue weighted by Gasteiger charge is 2.26. The fourth-order valence-corrected chi connectivity index (χ4v) is 4.78. The molecular formula is C25H29Cl2N5O2. The Morgan fingerprint density at radius 1 is 1.15 bits per heavy atom. The summed E-state index contributed by atoms with van der Waals surface area (Å²) in [4.78, 5) is 37.4. The first-order valence-corrected chi connectivity index (χ1v) is 12.4. The van der Waals surface area contributed by atoms with Crippen LogP contribution in [0.3, 0.4) is 0 Å². The Kier molecular flexibility index (Phi) is 7.95. The number of urea groups is 1. The average Bonchev–Trinajstić information content (AvgIpc) is 3.28. The molecule has 0 aliphatic carbocycles. The van der Waals surface area contributed by atoms with Gasteiger partial charge in [0.15, 0.2) is 0 Å². The van der Waals surface area contributed by atoms with Crippen LogP contribution in [0.2, 0.25) is 10.0 Å². The number of fused-ring (bicyclic) bond motifs is 1. The van der Waals surface area contributed by atoms with Crippen LogP contribution in [0.15, 0.2) is 42.5 Å². The number of nitrogens with zero attached hydrogens (tertiary/aromatic N) is 3. The Labute approximate surface area is 209 Å². The first kappa shape index (κ1) is 24.4. The maximum Gasteiger partial charge on any atom is 0.321 e. The lowest BCUT2D eigenvalue weighted by molar-refractivity contribution is -0.132. The number of benzene rings is 2. The SMILES string of the molecule is CCCN(CCC(=O)N1CCC(c2nc3ccccc3[nH]2)CC1)C(=O)Nc1ccc(Cl)cc1Cl. The lowest BCUT2D eigenvalue weighted by Crippen LogP contribution is -2.42. The number of para-hydroxylation sites is 2. The van der Waals surface area contributed by atoms with E-state index in [-0.39, 0.29) is 18.4 Å². The molecule has 0 saturated carbocycles. The van der Waals surface area contributed by atoms with Gasteiger partial charge in [0.05, 0.1) is 21.7 Å². The van der Waals surface area contributed by atoms with Gasteiger partial charge in [-0.1, -0.05) is 42.3 Å². The van der Waals surface area contributed by atoms with E-state index >= 15 is 0 Å². The first-order chi connectivity index (χ1) is 16.4. The molecule has 4 rings (SSSR count). The minimum Gasteiger partial charge on any atom is -0.343 e. The summed E-state index contributed by atoms with van der Waals surface area (Å²) in [5.74, 6) is 1.39. The number of aromatic nitrogens is 2. The molecular weight excluding hydrogens is 473 g/mol. The van der Waals surface area contributed by atoms with Gasteiger partial charge < -0.3 is 20.1 Å². The maximum atomic E-state index is 12.9. The summed E-state index contributed by atoms with van der Waals surface area (Å²) < 4.78 is 0. The molecule has 34 heavy (non-hydrogen) atoms. The summed E-state index contributed by atoms with van der Waals surface area (Å²) >= 11 is 12.1. The molecule has 0 spiro atoms. The fourth-order valence-electron chi connectivity index (χ4n) is 4.33. The van der Waals surface area contributed by atoms with Gasteiger partial charge in [-0.15, -0.1) is 0 Å². The second-order valence-corrected chi connectivity index (χ2v) is 9.43. The van der Waals surface area contributed by atoms with Crippen LogP contribution in [-0.4, -0.2) is 57.9 Å². The van der Waals surface area contributed by atoms with Crippen LogP contribution in [0.4, 0.5) is 10.5 Å². The number of imidazole rings is 1. The monoisotopic (exact) mass is 501 g/mol. The molecule has 2 N–H and O–H groups in total. The van der Waals surface area contributed by atoms with Gasteiger partial charge in [0, 0.05) is 43.5 Å². The second-order valence-electron chi connectivity index (χ2n) is 8.59. The van der Waals surface area contributed by atoms with E-state index in [1.807, 2.05) is 36.1 Å². The molecule has 180 valence electrons. The van der Waals surface area contributed by atoms with Crippen LogP contribution in [0.5, 0.6) is 0 Å². The topological polar surface area (TPSA) is 81.3 Å². The van der Waals surface area contributed by atoms with Gasteiger partial charge in [0.2, 0.25) is 5.91 Å². The van der Waals surface area contributed by atoms with Gasteiger partial charge in [0.25, 0.3) is 0 Å². The van der Waals surface area contributed by atoms with Gasteiger partial charge in [-0.2, -0.15) is 0 Å². The van der Waals surface area contributed by atoms with Crippen LogP contribution in [-0.2, 0) is 4.79 Å². The lowest BCUT2D eigenvalue weighted by atomic mass is 9.96. The zero-order valence-electron chi connectivity index (χ0n) is 19.2. The average molecular weight is 502 g/mol. The molecule has 3 amide bonds. The molecule has 9 heteroatoms. The number of hydrogen-bond donors (Lipinski definition) is 2. The molecule has 1 aliphatic rings. The summed E-state index contributed by atoms with van der Waals surface area (Å²) in [5.41, 5.74) is 2.52. The van der Waals surface area contributed by atoms with Gasteiger partial charge in [-0.25, -0.2) is 9.78 Å². The van der Waals surface area contributed by atoms with Crippen molar-refractivity contribution in [3.8, 4) is 0 Å². The van der Waals surface area contributed by atoms with E-state index in [2.05, 4.69) is 10.3 Å². The summed E-state index contributed by atoms with van der Waals surface area (Å²) in [5, 5.41) is 3.70. The van der Waals surface area contributed by atoms with Crippen LogP contribution < -0.4 is 5.32 Å². The number of H-pyrrole nitrogens is 1. The summed E-state index contributed by atoms with van der Waals surface area (Å²) in [6.45, 7) is 4.30. The third kappa shape index (κ3) is 5.83. The Morgan fingerprint density at radius 3 is 2.62 bits per heavy atom. The number of piperidine rings is 1. The largest absolute Gasteiger partial charge is 0.343 e. The van der Waals surface area contributed by atoms with Crippen molar-refractivity contribution in [2.75, 3.05) is 31.5 Å². The Hall–Kier alpha value is -2.77. The molecule has 7 nitrogen and oxygen atoms in total. The van der Waals surface area contributed by atoms with Crippen LogP contribution in [0, 0.1) is 0 Å². The minimum atomic E-state index is -0.275. The number of carbonyl (C=O) groups is 2. The van der Waals surface area contributed by atoms with Crippen LogP contribution in [0.25, 0.3) is 11.0 Å². The zero-order valence-corrected chi connectivity index (χ0v) is 20.7. The van der Waals surface area contributed by atoms with Crippen LogP contribution in [0.1, 0.15) is 44.3 Å². The van der Waals surface area contributed by atoms with Crippen LogP contribution >= 0.6 is 23.2 Å². The number of halogens is 2. The van der Waals surface area contributed by atoms with Crippen molar-refractivity contribution in [1.29, 1.82) is 0 Å².